The molecule has 0 aliphatic carbocycles. The van der Waals surface area contributed by atoms with Gasteiger partial charge < -0.3 is 19.5 Å². The second-order valence-electron chi connectivity index (χ2n) is 5.73. The van der Waals surface area contributed by atoms with E-state index in [1.54, 1.807) is 19.2 Å². The van der Waals surface area contributed by atoms with Crippen LogP contribution < -0.4 is 19.5 Å². The summed E-state index contributed by atoms with van der Waals surface area (Å²) in [4.78, 5) is 12.5. The van der Waals surface area contributed by atoms with Gasteiger partial charge in [0.2, 0.25) is 5.75 Å². The van der Waals surface area contributed by atoms with Crippen molar-refractivity contribution in [2.45, 2.75) is 39.7 Å². The van der Waals surface area contributed by atoms with Gasteiger partial charge in [-0.1, -0.05) is 13.8 Å². The Balaban J connectivity index is 2.93. The van der Waals surface area contributed by atoms with Crippen LogP contribution in [0.2, 0.25) is 0 Å². The van der Waals surface area contributed by atoms with Crippen molar-refractivity contribution < 1.29 is 19.0 Å². The van der Waals surface area contributed by atoms with Gasteiger partial charge in [-0.25, -0.2) is 0 Å². The first kappa shape index (κ1) is 18.1. The molecule has 22 heavy (non-hydrogen) atoms. The van der Waals surface area contributed by atoms with Gasteiger partial charge in [-0.2, -0.15) is 0 Å². The van der Waals surface area contributed by atoms with Crippen LogP contribution in [-0.2, 0) is 0 Å². The number of amides is 1. The predicted octanol–water partition coefficient (Wildman–Crippen LogP) is 3.27. The van der Waals surface area contributed by atoms with E-state index in [9.17, 15) is 4.79 Å². The molecule has 5 nitrogen and oxygen atoms in total. The first-order valence-electron chi connectivity index (χ1n) is 7.54. The summed E-state index contributed by atoms with van der Waals surface area (Å²) in [5.74, 6) is 1.79. The molecule has 0 aliphatic rings. The van der Waals surface area contributed by atoms with Gasteiger partial charge >= 0.3 is 0 Å². The summed E-state index contributed by atoms with van der Waals surface area (Å²) >= 11 is 0. The Kier molecular flexibility index (Phi) is 7.02. The zero-order valence-electron chi connectivity index (χ0n) is 14.4. The van der Waals surface area contributed by atoms with Crippen molar-refractivity contribution in [2.75, 3.05) is 21.3 Å². The first-order chi connectivity index (χ1) is 10.4. The summed E-state index contributed by atoms with van der Waals surface area (Å²) in [5.41, 5.74) is 0.441. The minimum Gasteiger partial charge on any atom is -0.493 e. The van der Waals surface area contributed by atoms with Crippen LogP contribution in [0.25, 0.3) is 0 Å². The topological polar surface area (TPSA) is 56.8 Å². The molecule has 0 aromatic heterocycles. The smallest absolute Gasteiger partial charge is 0.255 e. The fourth-order valence-corrected chi connectivity index (χ4v) is 2.24. The van der Waals surface area contributed by atoms with Crippen LogP contribution in [0.4, 0.5) is 0 Å². The average Bonchev–Trinajstić information content (AvgIpc) is 2.50. The number of ether oxygens (including phenoxy) is 3. The minimum atomic E-state index is -0.172. The van der Waals surface area contributed by atoms with Crippen molar-refractivity contribution in [3.05, 3.63) is 17.7 Å². The monoisotopic (exact) mass is 309 g/mol. The lowest BCUT2D eigenvalue weighted by molar-refractivity contribution is 0.0933. The maximum atomic E-state index is 12.5. The Morgan fingerprint density at radius 2 is 1.64 bits per heavy atom. The van der Waals surface area contributed by atoms with Gasteiger partial charge in [0.1, 0.15) is 0 Å². The second-order valence-corrected chi connectivity index (χ2v) is 5.73. The predicted molar refractivity (Wildman–Crippen MR) is 87.1 cm³/mol. The fraction of sp³-hybridized carbons (Fsp3) is 0.588. The van der Waals surface area contributed by atoms with Crippen molar-refractivity contribution in [2.24, 2.45) is 5.92 Å². The molecule has 1 aromatic carbocycles. The lowest BCUT2D eigenvalue weighted by Crippen LogP contribution is -2.33. The molecular weight excluding hydrogens is 282 g/mol. The summed E-state index contributed by atoms with van der Waals surface area (Å²) in [6.45, 7) is 6.35. The van der Waals surface area contributed by atoms with Crippen molar-refractivity contribution in [3.8, 4) is 17.2 Å². The number of methoxy groups -OCH3 is 3. The quantitative estimate of drug-likeness (QED) is 0.801. The number of benzene rings is 1. The molecule has 1 rings (SSSR count). The number of nitrogens with one attached hydrogen (secondary N) is 1. The second kappa shape index (κ2) is 8.51. The minimum absolute atomic E-state index is 0.104. The number of rotatable bonds is 8. The molecule has 5 heteroatoms. The normalized spacial score (nSPS) is 12.0. The molecule has 0 saturated heterocycles. The van der Waals surface area contributed by atoms with Gasteiger partial charge in [0.15, 0.2) is 11.5 Å². The van der Waals surface area contributed by atoms with Gasteiger partial charge in [0.25, 0.3) is 5.91 Å². The third kappa shape index (κ3) is 4.55. The number of carbonyl (C=O) groups excluding carboxylic acids is 1. The summed E-state index contributed by atoms with van der Waals surface area (Å²) in [6, 6.07) is 3.49. The van der Waals surface area contributed by atoms with E-state index in [-0.39, 0.29) is 11.9 Å². The Hall–Kier alpha value is -1.91. The highest BCUT2D eigenvalue weighted by Crippen LogP contribution is 2.39. The lowest BCUT2D eigenvalue weighted by Gasteiger charge is -2.18. The van der Waals surface area contributed by atoms with Crippen LogP contribution >= 0.6 is 0 Å². The van der Waals surface area contributed by atoms with Crippen LogP contribution in [0.15, 0.2) is 12.1 Å². The van der Waals surface area contributed by atoms with Crippen LogP contribution in [0.5, 0.6) is 17.2 Å². The van der Waals surface area contributed by atoms with Crippen LogP contribution in [0, 0.1) is 5.92 Å². The average molecular weight is 309 g/mol. The van der Waals surface area contributed by atoms with Gasteiger partial charge in [-0.3, -0.25) is 4.79 Å². The maximum Gasteiger partial charge on any atom is 0.255 e. The fourth-order valence-electron chi connectivity index (χ4n) is 2.24. The molecule has 0 heterocycles. The molecule has 1 amide bonds. The summed E-state index contributed by atoms with van der Waals surface area (Å²) in [5, 5.41) is 3.00. The lowest BCUT2D eigenvalue weighted by atomic mass is 10.0. The van der Waals surface area contributed by atoms with Crippen molar-refractivity contribution in [1.29, 1.82) is 0 Å². The molecule has 1 aromatic rings. The number of hydrogen-bond donors (Lipinski definition) is 1. The van der Waals surface area contributed by atoms with E-state index in [1.165, 1.54) is 14.2 Å². The van der Waals surface area contributed by atoms with E-state index in [0.29, 0.717) is 28.7 Å². The molecule has 1 N–H and O–H groups in total. The SMILES string of the molecule is COc1ccc(C(=O)NC(C)CCC(C)C)c(OC)c1OC. The summed E-state index contributed by atoms with van der Waals surface area (Å²) in [7, 11) is 4.58. The molecular formula is C17H27NO4. The van der Waals surface area contributed by atoms with Gasteiger partial charge in [-0.05, 0) is 37.8 Å². The van der Waals surface area contributed by atoms with E-state index in [2.05, 4.69) is 19.2 Å². The molecule has 0 spiro atoms. The molecule has 0 radical (unpaired) electrons. The van der Waals surface area contributed by atoms with Crippen LogP contribution in [0.3, 0.4) is 0 Å². The molecule has 0 saturated carbocycles. The van der Waals surface area contributed by atoms with Crippen LogP contribution in [0.1, 0.15) is 44.0 Å². The largest absolute Gasteiger partial charge is 0.493 e. The van der Waals surface area contributed by atoms with E-state index < -0.39 is 0 Å². The van der Waals surface area contributed by atoms with E-state index in [1.807, 2.05) is 6.92 Å². The summed E-state index contributed by atoms with van der Waals surface area (Å²) < 4.78 is 15.9. The molecule has 0 fully saturated rings. The van der Waals surface area contributed by atoms with Crippen molar-refractivity contribution >= 4 is 5.91 Å². The van der Waals surface area contributed by atoms with Gasteiger partial charge in [0, 0.05) is 6.04 Å². The van der Waals surface area contributed by atoms with Gasteiger partial charge in [0.05, 0.1) is 26.9 Å². The third-order valence-corrected chi connectivity index (χ3v) is 3.50. The molecule has 1 unspecified atom stereocenters. The molecule has 0 aliphatic heterocycles. The summed E-state index contributed by atoms with van der Waals surface area (Å²) in [6.07, 6.45) is 2.02. The van der Waals surface area contributed by atoms with E-state index >= 15 is 0 Å². The Bertz CT molecular complexity index is 500. The van der Waals surface area contributed by atoms with E-state index in [4.69, 9.17) is 14.2 Å². The highest BCUT2D eigenvalue weighted by atomic mass is 16.5. The zero-order valence-corrected chi connectivity index (χ0v) is 14.4. The first-order valence-corrected chi connectivity index (χ1v) is 7.54. The standard InChI is InChI=1S/C17H27NO4/c1-11(2)7-8-12(3)18-17(19)13-9-10-14(20-4)16(22-6)15(13)21-5/h9-12H,7-8H2,1-6H3,(H,18,19). The number of carbonyl (C=O) groups is 1. The Morgan fingerprint density at radius 3 is 2.14 bits per heavy atom. The zero-order chi connectivity index (χ0) is 16.7. The van der Waals surface area contributed by atoms with Gasteiger partial charge in [-0.15, -0.1) is 0 Å². The third-order valence-electron chi connectivity index (χ3n) is 3.50. The van der Waals surface area contributed by atoms with Crippen LogP contribution in [-0.4, -0.2) is 33.3 Å². The van der Waals surface area contributed by atoms with E-state index in [0.717, 1.165) is 12.8 Å². The molecule has 1 atom stereocenters. The Morgan fingerprint density at radius 1 is 1.00 bits per heavy atom. The van der Waals surface area contributed by atoms with Crippen molar-refractivity contribution in [3.63, 3.8) is 0 Å². The maximum absolute atomic E-state index is 12.5. The number of hydrogen-bond acceptors (Lipinski definition) is 4. The Labute approximate surface area is 132 Å². The molecule has 0 bridgehead atoms. The molecule has 124 valence electrons. The highest BCUT2D eigenvalue weighted by Gasteiger charge is 2.21. The van der Waals surface area contributed by atoms with Crippen molar-refractivity contribution in [1.82, 2.24) is 5.32 Å². The highest BCUT2D eigenvalue weighted by molar-refractivity contribution is 5.98.